The van der Waals surface area contributed by atoms with Crippen molar-refractivity contribution in [2.45, 2.75) is 19.3 Å². The Kier molecular flexibility index (Phi) is 4.48. The largest absolute Gasteiger partial charge is 0.300 e. The maximum atomic E-state index is 11.3. The number of benzene rings is 1. The summed E-state index contributed by atoms with van der Waals surface area (Å²) in [6.07, 6.45) is 4.79. The number of hydrogen-bond donors (Lipinski definition) is 0. The zero-order valence-electron chi connectivity index (χ0n) is 10.4. The Labute approximate surface area is 112 Å². The molecule has 1 nitrogen and oxygen atoms in total. The zero-order chi connectivity index (χ0) is 12.8. The van der Waals surface area contributed by atoms with E-state index in [-0.39, 0.29) is 11.7 Å². The molecule has 1 atom stereocenters. The number of hydrogen-bond acceptors (Lipinski definition) is 2. The summed E-state index contributed by atoms with van der Waals surface area (Å²) < 4.78 is 0. The van der Waals surface area contributed by atoms with Crippen LogP contribution in [0.1, 0.15) is 29.7 Å². The standard InChI is InChI=1S/C16H16OS/c1-13(17)12-15(16-8-5-11-18-16)10-9-14-6-3-2-4-7-14/h2-11,15H,12H2,1H3/b10-9+/t15-/m1/s1. The SMILES string of the molecule is CC(=O)C[C@@H](/C=C/c1ccccc1)c1cccs1. The van der Waals surface area contributed by atoms with E-state index >= 15 is 0 Å². The predicted octanol–water partition coefficient (Wildman–Crippen LogP) is 4.52. The predicted molar refractivity (Wildman–Crippen MR) is 77.8 cm³/mol. The van der Waals surface area contributed by atoms with E-state index in [1.165, 1.54) is 10.4 Å². The minimum atomic E-state index is 0.197. The molecule has 2 rings (SSSR count). The van der Waals surface area contributed by atoms with Gasteiger partial charge in [0, 0.05) is 17.2 Å². The van der Waals surface area contributed by atoms with Crippen LogP contribution in [-0.2, 0) is 4.79 Å². The third kappa shape index (κ3) is 3.67. The van der Waals surface area contributed by atoms with Crippen LogP contribution in [0.4, 0.5) is 0 Å². The molecule has 0 amide bonds. The highest BCUT2D eigenvalue weighted by molar-refractivity contribution is 7.10. The molecule has 18 heavy (non-hydrogen) atoms. The molecule has 0 N–H and O–H groups in total. The summed E-state index contributed by atoms with van der Waals surface area (Å²) in [6, 6.07) is 14.3. The van der Waals surface area contributed by atoms with Crippen LogP contribution in [0.15, 0.2) is 53.9 Å². The maximum Gasteiger partial charge on any atom is 0.130 e. The lowest BCUT2D eigenvalue weighted by Crippen LogP contribution is -1.99. The normalized spacial score (nSPS) is 12.7. The molecule has 1 heterocycles. The summed E-state index contributed by atoms with van der Waals surface area (Å²) in [4.78, 5) is 12.6. The van der Waals surface area contributed by atoms with E-state index in [4.69, 9.17) is 0 Å². The first-order valence-corrected chi connectivity index (χ1v) is 6.90. The minimum Gasteiger partial charge on any atom is -0.300 e. The molecule has 0 saturated heterocycles. The van der Waals surface area contributed by atoms with Crippen molar-refractivity contribution in [3.8, 4) is 0 Å². The number of ketones is 1. The summed E-state index contributed by atoms with van der Waals surface area (Å²) in [6.45, 7) is 1.65. The van der Waals surface area contributed by atoms with Gasteiger partial charge in [-0.3, -0.25) is 4.79 Å². The van der Waals surface area contributed by atoms with Crippen LogP contribution in [0.5, 0.6) is 0 Å². The highest BCUT2D eigenvalue weighted by atomic mass is 32.1. The van der Waals surface area contributed by atoms with E-state index < -0.39 is 0 Å². The molecule has 92 valence electrons. The van der Waals surface area contributed by atoms with Gasteiger partial charge >= 0.3 is 0 Å². The van der Waals surface area contributed by atoms with E-state index in [2.05, 4.69) is 35.7 Å². The van der Waals surface area contributed by atoms with Crippen molar-refractivity contribution in [1.82, 2.24) is 0 Å². The third-order valence-electron chi connectivity index (χ3n) is 2.74. The van der Waals surface area contributed by atoms with Gasteiger partial charge in [-0.15, -0.1) is 11.3 Å². The lowest BCUT2D eigenvalue weighted by molar-refractivity contribution is -0.117. The molecule has 0 radical (unpaired) electrons. The fourth-order valence-electron chi connectivity index (χ4n) is 1.87. The van der Waals surface area contributed by atoms with Gasteiger partial charge in [0.05, 0.1) is 0 Å². The molecule has 0 aliphatic rings. The van der Waals surface area contributed by atoms with Crippen LogP contribution < -0.4 is 0 Å². The van der Waals surface area contributed by atoms with Gasteiger partial charge in [-0.2, -0.15) is 0 Å². The monoisotopic (exact) mass is 256 g/mol. The average molecular weight is 256 g/mol. The Morgan fingerprint density at radius 3 is 2.61 bits per heavy atom. The maximum absolute atomic E-state index is 11.3. The van der Waals surface area contributed by atoms with Gasteiger partial charge in [0.1, 0.15) is 5.78 Å². The first-order chi connectivity index (χ1) is 8.75. The Morgan fingerprint density at radius 2 is 2.00 bits per heavy atom. The molecule has 0 aliphatic carbocycles. The number of carbonyl (C=O) groups is 1. The second kappa shape index (κ2) is 6.31. The number of thiophene rings is 1. The quantitative estimate of drug-likeness (QED) is 0.768. The summed E-state index contributed by atoms with van der Waals surface area (Å²) in [5, 5.41) is 2.05. The lowest BCUT2D eigenvalue weighted by Gasteiger charge is -2.08. The van der Waals surface area contributed by atoms with Crippen molar-refractivity contribution in [1.29, 1.82) is 0 Å². The van der Waals surface area contributed by atoms with E-state index in [0.29, 0.717) is 6.42 Å². The van der Waals surface area contributed by atoms with Gasteiger partial charge in [-0.1, -0.05) is 48.6 Å². The van der Waals surface area contributed by atoms with Crippen molar-refractivity contribution >= 4 is 23.2 Å². The molecule has 2 aromatic rings. The first kappa shape index (κ1) is 12.8. The molecule has 1 aromatic heterocycles. The summed E-state index contributed by atoms with van der Waals surface area (Å²) in [5.41, 5.74) is 1.17. The molecule has 2 heteroatoms. The Balaban J connectivity index is 2.15. The number of rotatable bonds is 5. The van der Waals surface area contributed by atoms with Crippen LogP contribution in [-0.4, -0.2) is 5.78 Å². The van der Waals surface area contributed by atoms with Gasteiger partial charge in [0.15, 0.2) is 0 Å². The minimum absolute atomic E-state index is 0.197. The van der Waals surface area contributed by atoms with Crippen molar-refractivity contribution in [2.24, 2.45) is 0 Å². The van der Waals surface area contributed by atoms with Crippen molar-refractivity contribution in [3.63, 3.8) is 0 Å². The average Bonchev–Trinajstić information content (AvgIpc) is 2.89. The van der Waals surface area contributed by atoms with Gasteiger partial charge in [-0.25, -0.2) is 0 Å². The lowest BCUT2D eigenvalue weighted by atomic mass is 9.99. The van der Waals surface area contributed by atoms with Crippen LogP contribution in [0.3, 0.4) is 0 Å². The van der Waals surface area contributed by atoms with E-state index in [1.807, 2.05) is 24.3 Å². The van der Waals surface area contributed by atoms with Crippen LogP contribution in [0.2, 0.25) is 0 Å². The number of allylic oxidation sites excluding steroid dienone is 1. The Morgan fingerprint density at radius 1 is 1.22 bits per heavy atom. The molecular weight excluding hydrogens is 240 g/mol. The van der Waals surface area contributed by atoms with Crippen molar-refractivity contribution < 1.29 is 4.79 Å². The number of Topliss-reactive ketones (excluding diaryl/α,β-unsaturated/α-hetero) is 1. The summed E-state index contributed by atoms with van der Waals surface area (Å²) in [7, 11) is 0. The topological polar surface area (TPSA) is 17.1 Å². The Bertz CT molecular complexity index is 511. The molecular formula is C16H16OS. The fraction of sp³-hybridized carbons (Fsp3) is 0.188. The number of carbonyl (C=O) groups excluding carboxylic acids is 1. The molecule has 0 aliphatic heterocycles. The molecule has 0 bridgehead atoms. The molecule has 0 unspecified atom stereocenters. The van der Waals surface area contributed by atoms with Gasteiger partial charge in [0.25, 0.3) is 0 Å². The van der Waals surface area contributed by atoms with Gasteiger partial charge in [-0.05, 0) is 23.9 Å². The summed E-state index contributed by atoms with van der Waals surface area (Å²) >= 11 is 1.70. The van der Waals surface area contributed by atoms with Gasteiger partial charge in [0.2, 0.25) is 0 Å². The first-order valence-electron chi connectivity index (χ1n) is 6.02. The van der Waals surface area contributed by atoms with E-state index in [1.54, 1.807) is 18.3 Å². The Hall–Kier alpha value is -1.67. The fourth-order valence-corrected chi connectivity index (χ4v) is 2.67. The third-order valence-corrected chi connectivity index (χ3v) is 3.74. The second-order valence-electron chi connectivity index (χ2n) is 4.30. The van der Waals surface area contributed by atoms with Crippen LogP contribution in [0, 0.1) is 0 Å². The van der Waals surface area contributed by atoms with Crippen molar-refractivity contribution in [3.05, 3.63) is 64.4 Å². The van der Waals surface area contributed by atoms with Crippen LogP contribution >= 0.6 is 11.3 Å². The molecule has 0 spiro atoms. The summed E-state index contributed by atoms with van der Waals surface area (Å²) in [5.74, 6) is 0.425. The molecule has 0 fully saturated rings. The molecule has 1 aromatic carbocycles. The van der Waals surface area contributed by atoms with Crippen LogP contribution in [0.25, 0.3) is 6.08 Å². The zero-order valence-corrected chi connectivity index (χ0v) is 11.2. The van der Waals surface area contributed by atoms with Gasteiger partial charge < -0.3 is 0 Å². The smallest absolute Gasteiger partial charge is 0.130 e. The van der Waals surface area contributed by atoms with Crippen molar-refractivity contribution in [2.75, 3.05) is 0 Å². The second-order valence-corrected chi connectivity index (χ2v) is 5.28. The van der Waals surface area contributed by atoms with E-state index in [9.17, 15) is 4.79 Å². The van der Waals surface area contributed by atoms with E-state index in [0.717, 1.165) is 0 Å². The highest BCUT2D eigenvalue weighted by Gasteiger charge is 2.11. The molecule has 0 saturated carbocycles. The highest BCUT2D eigenvalue weighted by Crippen LogP contribution is 2.26.